The van der Waals surface area contributed by atoms with Crippen LogP contribution in [0.25, 0.3) is 0 Å². The zero-order chi connectivity index (χ0) is 9.15. The van der Waals surface area contributed by atoms with Crippen LogP contribution < -0.4 is 10.6 Å². The first-order valence-electron chi connectivity index (χ1n) is 4.77. The van der Waals surface area contributed by atoms with Gasteiger partial charge in [-0.1, -0.05) is 0 Å². The molecule has 2 rings (SSSR count). The van der Waals surface area contributed by atoms with E-state index in [1.54, 1.807) is 6.26 Å². The van der Waals surface area contributed by atoms with Gasteiger partial charge < -0.3 is 15.1 Å². The minimum atomic E-state index is 0.243. The summed E-state index contributed by atoms with van der Waals surface area (Å²) in [5.74, 6) is 1.01. The third-order valence-corrected chi connectivity index (χ3v) is 2.64. The van der Waals surface area contributed by atoms with Gasteiger partial charge in [0.2, 0.25) is 0 Å². The van der Waals surface area contributed by atoms with Crippen LogP contribution in [0, 0.1) is 0 Å². The lowest BCUT2D eigenvalue weighted by Crippen LogP contribution is -2.43. The van der Waals surface area contributed by atoms with Crippen molar-refractivity contribution in [1.29, 1.82) is 0 Å². The molecule has 0 amide bonds. The molecule has 2 heterocycles. The van der Waals surface area contributed by atoms with Crippen molar-refractivity contribution in [3.63, 3.8) is 0 Å². The second kappa shape index (κ2) is 3.52. The molecule has 1 unspecified atom stereocenters. The van der Waals surface area contributed by atoms with E-state index in [1.807, 2.05) is 12.1 Å². The van der Waals surface area contributed by atoms with Crippen molar-refractivity contribution < 1.29 is 4.42 Å². The maximum atomic E-state index is 5.26. The molecule has 0 bridgehead atoms. The molecule has 1 aliphatic heterocycles. The Kier molecular flexibility index (Phi) is 2.38. The van der Waals surface area contributed by atoms with Gasteiger partial charge in [-0.15, -0.1) is 0 Å². The SMILES string of the molecule is CC1(NCc2ccco2)CCNC1. The highest BCUT2D eigenvalue weighted by atomic mass is 16.3. The maximum absolute atomic E-state index is 5.26. The minimum absolute atomic E-state index is 0.243. The predicted molar refractivity (Wildman–Crippen MR) is 51.4 cm³/mol. The first kappa shape index (κ1) is 8.78. The molecule has 2 N–H and O–H groups in total. The fourth-order valence-electron chi connectivity index (χ4n) is 1.68. The lowest BCUT2D eigenvalue weighted by atomic mass is 10.0. The van der Waals surface area contributed by atoms with Gasteiger partial charge in [0.25, 0.3) is 0 Å². The van der Waals surface area contributed by atoms with E-state index in [-0.39, 0.29) is 5.54 Å². The molecule has 1 fully saturated rings. The van der Waals surface area contributed by atoms with Gasteiger partial charge in [0, 0.05) is 12.1 Å². The van der Waals surface area contributed by atoms with Gasteiger partial charge in [0.1, 0.15) is 5.76 Å². The standard InChI is InChI=1S/C10H16N2O/c1-10(4-5-11-8-10)12-7-9-3-2-6-13-9/h2-3,6,11-12H,4-5,7-8H2,1H3. The van der Waals surface area contributed by atoms with Crippen LogP contribution in [0.15, 0.2) is 22.8 Å². The zero-order valence-corrected chi connectivity index (χ0v) is 7.97. The molecule has 13 heavy (non-hydrogen) atoms. The second-order valence-corrected chi connectivity index (χ2v) is 3.92. The van der Waals surface area contributed by atoms with Crippen molar-refractivity contribution in [1.82, 2.24) is 10.6 Å². The molecule has 0 aliphatic carbocycles. The van der Waals surface area contributed by atoms with Crippen molar-refractivity contribution in [2.24, 2.45) is 0 Å². The number of rotatable bonds is 3. The predicted octanol–water partition coefficient (Wildman–Crippen LogP) is 1.12. The second-order valence-electron chi connectivity index (χ2n) is 3.92. The Morgan fingerprint density at radius 3 is 3.23 bits per heavy atom. The average molecular weight is 180 g/mol. The number of furan rings is 1. The topological polar surface area (TPSA) is 37.2 Å². The Hall–Kier alpha value is -0.800. The van der Waals surface area contributed by atoms with Crippen LogP contribution in [0.2, 0.25) is 0 Å². The van der Waals surface area contributed by atoms with Crippen LogP contribution in [-0.4, -0.2) is 18.6 Å². The largest absolute Gasteiger partial charge is 0.468 e. The van der Waals surface area contributed by atoms with E-state index in [4.69, 9.17) is 4.42 Å². The van der Waals surface area contributed by atoms with E-state index in [9.17, 15) is 0 Å². The summed E-state index contributed by atoms with van der Waals surface area (Å²) in [6.45, 7) is 5.23. The van der Waals surface area contributed by atoms with Gasteiger partial charge in [-0.3, -0.25) is 0 Å². The van der Waals surface area contributed by atoms with Crippen molar-refractivity contribution in [3.05, 3.63) is 24.2 Å². The van der Waals surface area contributed by atoms with Crippen molar-refractivity contribution >= 4 is 0 Å². The first-order valence-corrected chi connectivity index (χ1v) is 4.77. The third-order valence-electron chi connectivity index (χ3n) is 2.64. The summed E-state index contributed by atoms with van der Waals surface area (Å²) >= 11 is 0. The molecule has 0 spiro atoms. The highest BCUT2D eigenvalue weighted by Crippen LogP contribution is 2.14. The molecule has 1 atom stereocenters. The summed E-state index contributed by atoms with van der Waals surface area (Å²) in [6, 6.07) is 3.92. The maximum Gasteiger partial charge on any atom is 0.117 e. The first-order chi connectivity index (χ1) is 6.29. The van der Waals surface area contributed by atoms with E-state index in [0.29, 0.717) is 0 Å². The lowest BCUT2D eigenvalue weighted by molar-refractivity contribution is 0.360. The lowest BCUT2D eigenvalue weighted by Gasteiger charge is -2.23. The normalized spacial score (nSPS) is 28.1. The third kappa shape index (κ3) is 2.11. The van der Waals surface area contributed by atoms with Crippen molar-refractivity contribution in [3.8, 4) is 0 Å². The van der Waals surface area contributed by atoms with Gasteiger partial charge in [-0.2, -0.15) is 0 Å². The summed E-state index contributed by atoms with van der Waals surface area (Å²) in [5.41, 5.74) is 0.243. The highest BCUT2D eigenvalue weighted by Gasteiger charge is 2.27. The summed E-state index contributed by atoms with van der Waals surface area (Å²) in [7, 11) is 0. The van der Waals surface area contributed by atoms with Crippen LogP contribution in [0.1, 0.15) is 19.1 Å². The highest BCUT2D eigenvalue weighted by molar-refractivity contribution is 5.00. The van der Waals surface area contributed by atoms with Crippen LogP contribution in [0.4, 0.5) is 0 Å². The molecule has 0 saturated carbocycles. The van der Waals surface area contributed by atoms with Crippen molar-refractivity contribution in [2.75, 3.05) is 13.1 Å². The minimum Gasteiger partial charge on any atom is -0.468 e. The fourth-order valence-corrected chi connectivity index (χ4v) is 1.68. The van der Waals surface area contributed by atoms with E-state index in [2.05, 4.69) is 17.6 Å². The fraction of sp³-hybridized carbons (Fsp3) is 0.600. The van der Waals surface area contributed by atoms with Gasteiger partial charge in [0.15, 0.2) is 0 Å². The zero-order valence-electron chi connectivity index (χ0n) is 7.97. The molecule has 0 aromatic carbocycles. The molecular weight excluding hydrogens is 164 g/mol. The van der Waals surface area contributed by atoms with Crippen LogP contribution in [-0.2, 0) is 6.54 Å². The Balaban J connectivity index is 1.85. The van der Waals surface area contributed by atoms with Gasteiger partial charge in [-0.05, 0) is 32.0 Å². The average Bonchev–Trinajstić information content (AvgIpc) is 2.72. The van der Waals surface area contributed by atoms with Gasteiger partial charge >= 0.3 is 0 Å². The molecule has 1 aromatic rings. The Morgan fingerprint density at radius 2 is 2.62 bits per heavy atom. The van der Waals surface area contributed by atoms with Gasteiger partial charge in [0.05, 0.1) is 12.8 Å². The van der Waals surface area contributed by atoms with E-state index >= 15 is 0 Å². The molecular formula is C10H16N2O. The molecule has 0 radical (unpaired) electrons. The van der Waals surface area contributed by atoms with E-state index in [0.717, 1.165) is 25.4 Å². The molecule has 3 nitrogen and oxygen atoms in total. The summed E-state index contributed by atoms with van der Waals surface area (Å²) < 4.78 is 5.26. The molecule has 3 heteroatoms. The number of hydrogen-bond acceptors (Lipinski definition) is 3. The summed E-state index contributed by atoms with van der Waals surface area (Å²) in [4.78, 5) is 0. The van der Waals surface area contributed by atoms with Crippen LogP contribution in [0.3, 0.4) is 0 Å². The monoisotopic (exact) mass is 180 g/mol. The Bertz CT molecular complexity index is 250. The van der Waals surface area contributed by atoms with E-state index in [1.165, 1.54) is 6.42 Å². The van der Waals surface area contributed by atoms with Crippen LogP contribution >= 0.6 is 0 Å². The van der Waals surface area contributed by atoms with E-state index < -0.39 is 0 Å². The molecule has 1 aromatic heterocycles. The summed E-state index contributed by atoms with van der Waals surface area (Å²) in [5, 5.41) is 6.85. The van der Waals surface area contributed by atoms with Crippen LogP contribution in [0.5, 0.6) is 0 Å². The molecule has 1 aliphatic rings. The molecule has 72 valence electrons. The number of hydrogen-bond donors (Lipinski definition) is 2. The number of nitrogens with one attached hydrogen (secondary N) is 2. The van der Waals surface area contributed by atoms with Gasteiger partial charge in [-0.25, -0.2) is 0 Å². The van der Waals surface area contributed by atoms with Crippen molar-refractivity contribution in [2.45, 2.75) is 25.4 Å². The smallest absolute Gasteiger partial charge is 0.117 e. The quantitative estimate of drug-likeness (QED) is 0.732. The Labute approximate surface area is 78.5 Å². The summed E-state index contributed by atoms with van der Waals surface area (Å²) in [6.07, 6.45) is 2.90. The Morgan fingerprint density at radius 1 is 1.69 bits per heavy atom. The molecule has 1 saturated heterocycles.